The van der Waals surface area contributed by atoms with E-state index in [1.54, 1.807) is 25.2 Å². The number of hydrogen-bond donors (Lipinski definition) is 0. The Morgan fingerprint density at radius 2 is 2.14 bits per heavy atom. The van der Waals surface area contributed by atoms with Crippen LogP contribution >= 0.6 is 15.9 Å². The molecule has 0 aliphatic carbocycles. The van der Waals surface area contributed by atoms with Crippen molar-refractivity contribution in [2.45, 2.75) is 6.42 Å². The van der Waals surface area contributed by atoms with Crippen LogP contribution in [0.25, 0.3) is 0 Å². The van der Waals surface area contributed by atoms with Crippen molar-refractivity contribution in [3.8, 4) is 0 Å². The van der Waals surface area contributed by atoms with Gasteiger partial charge in [0.2, 0.25) is 0 Å². The van der Waals surface area contributed by atoms with E-state index in [2.05, 4.69) is 15.9 Å². The van der Waals surface area contributed by atoms with E-state index in [0.717, 1.165) is 0 Å². The van der Waals surface area contributed by atoms with Crippen LogP contribution in [-0.4, -0.2) is 23.3 Å². The van der Waals surface area contributed by atoms with E-state index in [-0.39, 0.29) is 10.6 Å². The van der Waals surface area contributed by atoms with E-state index < -0.39 is 0 Å². The summed E-state index contributed by atoms with van der Waals surface area (Å²) in [7, 11) is 1.66. The molecule has 14 heavy (non-hydrogen) atoms. The number of likely N-dealkylation sites (N-methyl/N-ethyl adjacent to an activating group) is 1. The normalized spacial score (nSPS) is 9.93. The van der Waals surface area contributed by atoms with Gasteiger partial charge in [-0.25, -0.2) is 4.39 Å². The third-order valence-corrected chi connectivity index (χ3v) is 2.58. The number of carbonyl (C=O) groups is 1. The van der Waals surface area contributed by atoms with Crippen LogP contribution in [0, 0.1) is 5.82 Å². The molecule has 0 aliphatic heterocycles. The maximum absolute atomic E-state index is 13.1. The molecule has 0 aliphatic rings. The quantitative estimate of drug-likeness (QED) is 0.604. The van der Waals surface area contributed by atoms with E-state index in [4.69, 9.17) is 0 Å². The van der Waals surface area contributed by atoms with Crippen LogP contribution in [0.5, 0.6) is 0 Å². The Morgan fingerprint density at radius 3 is 2.71 bits per heavy atom. The zero-order valence-electron chi connectivity index (χ0n) is 7.84. The Labute approximate surface area is 90.8 Å². The van der Waals surface area contributed by atoms with Crippen molar-refractivity contribution >= 4 is 20.7 Å². The smallest absolute Gasteiger partial charge is 0.289 e. The minimum absolute atomic E-state index is 0.186. The fraction of sp³-hybridized carbons (Fsp3) is 0.300. The predicted molar refractivity (Wildman–Crippen MR) is 57.1 cm³/mol. The predicted octanol–water partition coefficient (Wildman–Crippen LogP) is 2.81. The molecule has 2 nitrogen and oxygen atoms in total. The van der Waals surface area contributed by atoms with E-state index in [1.165, 1.54) is 11.0 Å². The Balaban J connectivity index is 2.54. The summed E-state index contributed by atoms with van der Waals surface area (Å²) < 4.78 is 13.1. The van der Waals surface area contributed by atoms with Gasteiger partial charge in [-0.15, -0.1) is 0 Å². The molecule has 0 unspecified atom stereocenters. The van der Waals surface area contributed by atoms with Crippen molar-refractivity contribution in [1.82, 2.24) is 4.90 Å². The molecule has 4 heteroatoms. The maximum Gasteiger partial charge on any atom is 0.289 e. The van der Waals surface area contributed by atoms with E-state index in [1.807, 2.05) is 0 Å². The van der Waals surface area contributed by atoms with Gasteiger partial charge in [0.05, 0.1) is 0 Å². The summed E-state index contributed by atoms with van der Waals surface area (Å²) in [5.41, 5.74) is 0.633. The SMILES string of the molecule is CN(CCc1ccccc1F)C(=O)Br. The van der Waals surface area contributed by atoms with Gasteiger partial charge >= 0.3 is 0 Å². The lowest BCUT2D eigenvalue weighted by molar-refractivity contribution is 0.235. The molecule has 1 rings (SSSR count). The number of rotatable bonds is 3. The summed E-state index contributed by atoms with van der Waals surface area (Å²) in [6.45, 7) is 0.505. The van der Waals surface area contributed by atoms with Crippen LogP contribution in [0.3, 0.4) is 0 Å². The van der Waals surface area contributed by atoms with Gasteiger partial charge in [-0.2, -0.15) is 0 Å². The zero-order valence-corrected chi connectivity index (χ0v) is 9.42. The van der Waals surface area contributed by atoms with Gasteiger partial charge in [0.1, 0.15) is 5.82 Å². The molecule has 0 saturated carbocycles. The molecule has 0 aromatic heterocycles. The molecular formula is C10H11BrFNO. The van der Waals surface area contributed by atoms with Crippen LogP contribution in [-0.2, 0) is 6.42 Å². The molecule has 0 bridgehead atoms. The third kappa shape index (κ3) is 3.10. The van der Waals surface area contributed by atoms with Crippen molar-refractivity contribution in [3.63, 3.8) is 0 Å². The first-order valence-corrected chi connectivity index (χ1v) is 5.04. The van der Waals surface area contributed by atoms with Crippen molar-refractivity contribution in [1.29, 1.82) is 0 Å². The average Bonchev–Trinajstić information content (AvgIpc) is 2.16. The summed E-state index contributed by atoms with van der Waals surface area (Å²) in [5.74, 6) is -0.220. The second-order valence-electron chi connectivity index (χ2n) is 3.02. The van der Waals surface area contributed by atoms with Gasteiger partial charge in [-0.3, -0.25) is 4.79 Å². The highest BCUT2D eigenvalue weighted by atomic mass is 79.9. The van der Waals surface area contributed by atoms with Crippen molar-refractivity contribution in [2.24, 2.45) is 0 Å². The lowest BCUT2D eigenvalue weighted by Crippen LogP contribution is -2.23. The number of benzene rings is 1. The summed E-state index contributed by atoms with van der Waals surface area (Å²) in [4.78, 5) is 12.1. The summed E-state index contributed by atoms with van der Waals surface area (Å²) >= 11 is 2.83. The van der Waals surface area contributed by atoms with Crippen LogP contribution in [0.15, 0.2) is 24.3 Å². The zero-order chi connectivity index (χ0) is 10.6. The minimum Gasteiger partial charge on any atom is -0.336 e. The molecule has 0 radical (unpaired) electrons. The van der Waals surface area contributed by atoms with Gasteiger partial charge < -0.3 is 4.90 Å². The van der Waals surface area contributed by atoms with E-state index in [9.17, 15) is 9.18 Å². The lowest BCUT2D eigenvalue weighted by Gasteiger charge is -2.13. The molecule has 0 heterocycles. The van der Waals surface area contributed by atoms with E-state index >= 15 is 0 Å². The van der Waals surface area contributed by atoms with Gasteiger partial charge in [-0.1, -0.05) is 18.2 Å². The highest BCUT2D eigenvalue weighted by molar-refractivity contribution is 9.18. The summed E-state index contributed by atoms with van der Waals surface area (Å²) in [6, 6.07) is 6.58. The van der Waals surface area contributed by atoms with Crippen molar-refractivity contribution < 1.29 is 9.18 Å². The van der Waals surface area contributed by atoms with Gasteiger partial charge in [0.15, 0.2) is 0 Å². The largest absolute Gasteiger partial charge is 0.336 e. The van der Waals surface area contributed by atoms with E-state index in [0.29, 0.717) is 18.5 Å². The van der Waals surface area contributed by atoms with Crippen LogP contribution in [0.1, 0.15) is 5.56 Å². The van der Waals surface area contributed by atoms with Crippen LogP contribution in [0.4, 0.5) is 9.18 Å². The standard InChI is InChI=1S/C10H11BrFNO/c1-13(10(11)14)7-6-8-4-2-3-5-9(8)12/h2-5H,6-7H2,1H3. The first-order valence-electron chi connectivity index (χ1n) is 4.25. The number of halogens is 2. The number of carbonyl (C=O) groups excluding carboxylic acids is 1. The lowest BCUT2D eigenvalue weighted by atomic mass is 10.1. The van der Waals surface area contributed by atoms with Gasteiger partial charge in [-0.05, 0) is 18.1 Å². The van der Waals surface area contributed by atoms with Gasteiger partial charge in [0.25, 0.3) is 4.82 Å². The monoisotopic (exact) mass is 259 g/mol. The molecule has 76 valence electrons. The molecule has 0 N–H and O–H groups in total. The molecule has 1 aromatic carbocycles. The van der Waals surface area contributed by atoms with Gasteiger partial charge in [0, 0.05) is 29.5 Å². The number of hydrogen-bond acceptors (Lipinski definition) is 1. The Morgan fingerprint density at radius 1 is 1.50 bits per heavy atom. The number of nitrogens with zero attached hydrogens (tertiary/aromatic N) is 1. The Kier molecular flexibility index (Phi) is 4.07. The first-order chi connectivity index (χ1) is 6.61. The third-order valence-electron chi connectivity index (χ3n) is 1.97. The molecule has 1 amide bonds. The fourth-order valence-corrected chi connectivity index (χ4v) is 1.25. The molecule has 1 aromatic rings. The molecule has 0 fully saturated rings. The van der Waals surface area contributed by atoms with Crippen molar-refractivity contribution in [2.75, 3.05) is 13.6 Å². The molecular weight excluding hydrogens is 249 g/mol. The van der Waals surface area contributed by atoms with Crippen LogP contribution in [0.2, 0.25) is 0 Å². The minimum atomic E-state index is -0.220. The van der Waals surface area contributed by atoms with Crippen molar-refractivity contribution in [3.05, 3.63) is 35.6 Å². The molecule has 0 spiro atoms. The summed E-state index contributed by atoms with van der Waals surface area (Å²) in [5, 5.41) is 0. The number of amides is 1. The highest BCUT2D eigenvalue weighted by Gasteiger charge is 2.05. The average molecular weight is 260 g/mol. The highest BCUT2D eigenvalue weighted by Crippen LogP contribution is 2.08. The summed E-state index contributed by atoms with van der Waals surface area (Å²) in [6.07, 6.45) is 0.528. The second kappa shape index (κ2) is 5.10. The second-order valence-corrected chi connectivity index (χ2v) is 3.69. The molecule has 0 atom stereocenters. The topological polar surface area (TPSA) is 20.3 Å². The Bertz CT molecular complexity index is 330. The van der Waals surface area contributed by atoms with Crippen LogP contribution < -0.4 is 0 Å². The maximum atomic E-state index is 13.1. The fourth-order valence-electron chi connectivity index (χ4n) is 1.08. The molecule has 0 saturated heterocycles. The Hall–Kier alpha value is -0.900. The first kappa shape index (κ1) is 11.2.